The zero-order valence-corrected chi connectivity index (χ0v) is 19.4. The molecule has 1 saturated heterocycles. The molecule has 0 radical (unpaired) electrons. The fourth-order valence-electron chi connectivity index (χ4n) is 4.68. The highest BCUT2D eigenvalue weighted by Gasteiger charge is 2.50. The van der Waals surface area contributed by atoms with Crippen molar-refractivity contribution in [2.45, 2.75) is 19.4 Å². The Balaban J connectivity index is 0.000000158. The van der Waals surface area contributed by atoms with Crippen LogP contribution in [0.4, 0.5) is 14.6 Å². The van der Waals surface area contributed by atoms with E-state index in [1.54, 1.807) is 18.6 Å². The number of hydrogen-bond donors (Lipinski definition) is 1. The van der Waals surface area contributed by atoms with Gasteiger partial charge in [0.05, 0.1) is 35.3 Å². The van der Waals surface area contributed by atoms with Crippen molar-refractivity contribution in [3.63, 3.8) is 0 Å². The van der Waals surface area contributed by atoms with Gasteiger partial charge in [-0.15, -0.1) is 0 Å². The summed E-state index contributed by atoms with van der Waals surface area (Å²) in [6.45, 7) is 3.92. The molecular formula is C25H25F2N7O. The molecule has 1 N–H and O–H groups in total. The quantitative estimate of drug-likeness (QED) is 0.439. The predicted octanol–water partition coefficient (Wildman–Crippen LogP) is 3.66. The Labute approximate surface area is 201 Å². The van der Waals surface area contributed by atoms with E-state index in [0.717, 1.165) is 42.4 Å². The number of fused-ring (bicyclic) bond motifs is 2. The van der Waals surface area contributed by atoms with Crippen LogP contribution >= 0.6 is 0 Å². The third kappa shape index (κ3) is 4.88. The molecule has 2 aromatic heterocycles. The van der Waals surface area contributed by atoms with Crippen LogP contribution in [0.15, 0.2) is 48.9 Å². The van der Waals surface area contributed by atoms with E-state index in [4.69, 9.17) is 0 Å². The van der Waals surface area contributed by atoms with Crippen LogP contribution in [-0.4, -0.2) is 62.3 Å². The zero-order chi connectivity index (χ0) is 24.5. The highest BCUT2D eigenvalue weighted by Crippen LogP contribution is 2.48. The Morgan fingerprint density at radius 2 is 1.86 bits per heavy atom. The third-order valence-corrected chi connectivity index (χ3v) is 6.58. The van der Waals surface area contributed by atoms with Gasteiger partial charge >= 0.3 is 0 Å². The van der Waals surface area contributed by atoms with Crippen molar-refractivity contribution < 1.29 is 13.6 Å². The van der Waals surface area contributed by atoms with Crippen LogP contribution < -0.4 is 5.32 Å². The first-order valence-electron chi connectivity index (χ1n) is 11.4. The molecule has 1 saturated carbocycles. The standard InChI is InChI=1S/C15H16F2N4.C10H9N3O/c1-21-7-8-2-9(8)14(21)5-19-15-6-18-12-3-10(16)11(17)4-13(12)20-15;1-8-2-3-10(9(6-8)7-14)13-11-4-5-12-13/h3-4,6,8-9,14H,2,5,7H2,1H3,(H,19,20);2-7H,1H3. The molecule has 3 heterocycles. The van der Waals surface area contributed by atoms with Crippen LogP contribution in [0.25, 0.3) is 16.7 Å². The summed E-state index contributed by atoms with van der Waals surface area (Å²) < 4.78 is 26.4. The van der Waals surface area contributed by atoms with Crippen LogP contribution in [0.2, 0.25) is 0 Å². The molecule has 0 spiro atoms. The topological polar surface area (TPSA) is 88.8 Å². The van der Waals surface area contributed by atoms with Gasteiger partial charge in [0.2, 0.25) is 0 Å². The van der Waals surface area contributed by atoms with Gasteiger partial charge in [-0.2, -0.15) is 15.0 Å². The minimum absolute atomic E-state index is 0.361. The second kappa shape index (κ2) is 9.46. The van der Waals surface area contributed by atoms with Crippen molar-refractivity contribution in [3.05, 3.63) is 71.7 Å². The summed E-state index contributed by atoms with van der Waals surface area (Å²) >= 11 is 0. The van der Waals surface area contributed by atoms with Crippen molar-refractivity contribution >= 4 is 23.1 Å². The second-order valence-electron chi connectivity index (χ2n) is 9.06. The van der Waals surface area contributed by atoms with Gasteiger partial charge in [-0.3, -0.25) is 9.78 Å². The first-order valence-corrected chi connectivity index (χ1v) is 11.4. The number of hydrogen-bond acceptors (Lipinski definition) is 7. The number of likely N-dealkylation sites (N-methyl/N-ethyl adjacent to an activating group) is 1. The van der Waals surface area contributed by atoms with E-state index < -0.39 is 11.6 Å². The summed E-state index contributed by atoms with van der Waals surface area (Å²) in [6.07, 6.45) is 6.86. The largest absolute Gasteiger partial charge is 0.367 e. The SMILES string of the molecule is CN1CC2CC2C1CNc1cnc2cc(F)c(F)cc2n1.Cc1ccc(-n2nccn2)c(C=O)c1. The molecule has 2 fully saturated rings. The Hall–Kier alpha value is -3.79. The van der Waals surface area contributed by atoms with Gasteiger partial charge in [0.15, 0.2) is 17.9 Å². The summed E-state index contributed by atoms with van der Waals surface area (Å²) in [5.41, 5.74) is 3.07. The number of anilines is 1. The van der Waals surface area contributed by atoms with Crippen molar-refractivity contribution in [2.75, 3.05) is 25.5 Å². The maximum Gasteiger partial charge on any atom is 0.161 e. The first-order chi connectivity index (χ1) is 16.9. The number of nitrogens with one attached hydrogen (secondary N) is 1. The first kappa shape index (κ1) is 23.0. The van der Waals surface area contributed by atoms with Gasteiger partial charge in [-0.1, -0.05) is 11.6 Å². The number of likely N-dealkylation sites (tertiary alicyclic amines) is 1. The van der Waals surface area contributed by atoms with Crippen molar-refractivity contribution in [3.8, 4) is 5.69 Å². The average molecular weight is 478 g/mol. The second-order valence-corrected chi connectivity index (χ2v) is 9.06. The summed E-state index contributed by atoms with van der Waals surface area (Å²) in [4.78, 5) is 23.0. The van der Waals surface area contributed by atoms with Gasteiger partial charge in [0.1, 0.15) is 5.82 Å². The minimum atomic E-state index is -0.898. The molecule has 8 nitrogen and oxygen atoms in total. The fraction of sp³-hybridized carbons (Fsp3) is 0.320. The fourth-order valence-corrected chi connectivity index (χ4v) is 4.68. The van der Waals surface area contributed by atoms with Crippen LogP contribution in [0, 0.1) is 30.4 Å². The highest BCUT2D eigenvalue weighted by atomic mass is 19.2. The lowest BCUT2D eigenvalue weighted by atomic mass is 10.1. The maximum absolute atomic E-state index is 13.3. The van der Waals surface area contributed by atoms with Gasteiger partial charge in [-0.25, -0.2) is 13.8 Å². The molecule has 0 bridgehead atoms. The van der Waals surface area contributed by atoms with Gasteiger partial charge in [0.25, 0.3) is 0 Å². The monoisotopic (exact) mass is 477 g/mol. The third-order valence-electron chi connectivity index (χ3n) is 6.58. The zero-order valence-electron chi connectivity index (χ0n) is 19.4. The number of carbonyl (C=O) groups is 1. The molecule has 2 aliphatic rings. The van der Waals surface area contributed by atoms with E-state index >= 15 is 0 Å². The van der Waals surface area contributed by atoms with Crippen LogP contribution in [0.5, 0.6) is 0 Å². The Morgan fingerprint density at radius 3 is 2.54 bits per heavy atom. The van der Waals surface area contributed by atoms with Gasteiger partial charge in [0, 0.05) is 36.8 Å². The Kier molecular flexibility index (Phi) is 6.21. The van der Waals surface area contributed by atoms with E-state index in [1.807, 2.05) is 25.1 Å². The number of halogens is 2. The van der Waals surface area contributed by atoms with E-state index in [2.05, 4.69) is 37.4 Å². The van der Waals surface area contributed by atoms with Crippen LogP contribution in [0.3, 0.4) is 0 Å². The lowest BCUT2D eigenvalue weighted by Crippen LogP contribution is -2.35. The normalized spacial score (nSPS) is 20.7. The van der Waals surface area contributed by atoms with Crippen LogP contribution in [0.1, 0.15) is 22.3 Å². The van der Waals surface area contributed by atoms with Crippen molar-refractivity contribution in [1.82, 2.24) is 29.9 Å². The van der Waals surface area contributed by atoms with Gasteiger partial charge in [-0.05, 0) is 44.4 Å². The Morgan fingerprint density at radius 1 is 1.11 bits per heavy atom. The molecule has 6 rings (SSSR count). The smallest absolute Gasteiger partial charge is 0.161 e. The maximum atomic E-state index is 13.3. The molecule has 1 aliphatic heterocycles. The summed E-state index contributed by atoms with van der Waals surface area (Å²) in [5, 5.41) is 11.2. The molecule has 180 valence electrons. The van der Waals surface area contributed by atoms with Crippen molar-refractivity contribution in [2.24, 2.45) is 11.8 Å². The molecular weight excluding hydrogens is 452 g/mol. The molecule has 1 aliphatic carbocycles. The number of rotatable bonds is 5. The molecule has 0 amide bonds. The lowest BCUT2D eigenvalue weighted by Gasteiger charge is -2.23. The predicted molar refractivity (Wildman–Crippen MR) is 127 cm³/mol. The summed E-state index contributed by atoms with van der Waals surface area (Å²) in [5.74, 6) is 0.463. The molecule has 10 heteroatoms. The van der Waals surface area contributed by atoms with Crippen LogP contribution in [-0.2, 0) is 0 Å². The average Bonchev–Trinajstić information content (AvgIpc) is 3.25. The molecule has 4 aromatic rings. The summed E-state index contributed by atoms with van der Waals surface area (Å²) in [7, 11) is 2.14. The number of aryl methyl sites for hydroxylation is 1. The minimum Gasteiger partial charge on any atom is -0.367 e. The molecule has 3 atom stereocenters. The van der Waals surface area contributed by atoms with E-state index in [-0.39, 0.29) is 0 Å². The molecule has 35 heavy (non-hydrogen) atoms. The Bertz CT molecular complexity index is 1360. The number of aromatic nitrogens is 5. The molecule has 2 aromatic carbocycles. The number of aldehydes is 1. The van der Waals surface area contributed by atoms with E-state index in [0.29, 0.717) is 34.1 Å². The summed E-state index contributed by atoms with van der Waals surface area (Å²) in [6, 6.07) is 8.25. The lowest BCUT2D eigenvalue weighted by molar-refractivity contribution is 0.112. The van der Waals surface area contributed by atoms with Gasteiger partial charge < -0.3 is 10.2 Å². The van der Waals surface area contributed by atoms with E-state index in [9.17, 15) is 13.6 Å². The number of nitrogens with zero attached hydrogens (tertiary/aromatic N) is 6. The number of piperidine rings is 1. The molecule has 3 unspecified atom stereocenters. The highest BCUT2D eigenvalue weighted by molar-refractivity contribution is 5.81. The number of carbonyl (C=O) groups excluding carboxylic acids is 1. The van der Waals surface area contributed by atoms with E-state index in [1.165, 1.54) is 17.8 Å². The van der Waals surface area contributed by atoms with Crippen molar-refractivity contribution in [1.29, 1.82) is 0 Å². The number of benzene rings is 2.